The third kappa shape index (κ3) is 4.79. The number of aryl methyl sites for hydroxylation is 1. The Morgan fingerprint density at radius 2 is 1.97 bits per heavy atom. The smallest absolute Gasteiger partial charge is 0.0777 e. The second kappa shape index (κ2) is 10.1. The van der Waals surface area contributed by atoms with Crippen molar-refractivity contribution in [2.24, 2.45) is 0 Å². The van der Waals surface area contributed by atoms with Gasteiger partial charge in [0.15, 0.2) is 0 Å². The van der Waals surface area contributed by atoms with E-state index in [9.17, 15) is 0 Å². The molecule has 5 rings (SSSR count). The summed E-state index contributed by atoms with van der Waals surface area (Å²) in [5, 5.41) is 3.82. The lowest BCUT2D eigenvalue weighted by atomic mass is 9.89. The Morgan fingerprint density at radius 3 is 2.79 bits per heavy atom. The molecule has 3 heterocycles. The number of piperazine rings is 1. The molecule has 33 heavy (non-hydrogen) atoms. The minimum atomic E-state index is 0.434. The molecule has 0 bridgehead atoms. The van der Waals surface area contributed by atoms with Crippen LogP contribution in [0.15, 0.2) is 36.5 Å². The van der Waals surface area contributed by atoms with Crippen molar-refractivity contribution in [2.75, 3.05) is 44.7 Å². The number of thiocarbonyl (C=S) groups is 1. The zero-order valence-corrected chi connectivity index (χ0v) is 20.9. The molecular formula is C27H37N5S. The van der Waals surface area contributed by atoms with Gasteiger partial charge in [0.2, 0.25) is 0 Å². The van der Waals surface area contributed by atoms with E-state index in [2.05, 4.69) is 64.3 Å². The number of aromatic nitrogens is 1. The van der Waals surface area contributed by atoms with Crippen molar-refractivity contribution < 1.29 is 0 Å². The van der Waals surface area contributed by atoms with E-state index in [1.54, 1.807) is 5.56 Å². The first-order valence-corrected chi connectivity index (χ1v) is 13.1. The molecule has 3 aliphatic rings. The quantitative estimate of drug-likeness (QED) is 0.676. The monoisotopic (exact) mass is 463 g/mol. The highest BCUT2D eigenvalue weighted by Crippen LogP contribution is 2.33. The molecule has 0 unspecified atom stereocenters. The molecule has 1 aromatic heterocycles. The highest BCUT2D eigenvalue weighted by Gasteiger charge is 2.29. The predicted molar refractivity (Wildman–Crippen MR) is 140 cm³/mol. The Labute approximate surface area is 204 Å². The number of pyridine rings is 1. The first-order chi connectivity index (χ1) is 16.1. The van der Waals surface area contributed by atoms with Gasteiger partial charge in [0, 0.05) is 57.2 Å². The molecule has 1 aromatic carbocycles. The van der Waals surface area contributed by atoms with Crippen molar-refractivity contribution in [3.05, 3.63) is 58.9 Å². The number of nitrogens with zero attached hydrogens (tertiary/aromatic N) is 4. The average Bonchev–Trinajstić information content (AvgIpc) is 2.87. The number of rotatable bonds is 5. The second-order valence-electron chi connectivity index (χ2n) is 9.81. The molecule has 5 nitrogen and oxygen atoms in total. The van der Waals surface area contributed by atoms with Gasteiger partial charge in [-0.25, -0.2) is 0 Å². The van der Waals surface area contributed by atoms with Gasteiger partial charge < -0.3 is 15.1 Å². The Balaban J connectivity index is 1.27. The van der Waals surface area contributed by atoms with E-state index in [-0.39, 0.29) is 0 Å². The number of benzene rings is 1. The summed E-state index contributed by atoms with van der Waals surface area (Å²) in [6.07, 6.45) is 7.65. The van der Waals surface area contributed by atoms with E-state index in [0.29, 0.717) is 12.1 Å². The van der Waals surface area contributed by atoms with Crippen LogP contribution in [0, 0.1) is 0 Å². The minimum Gasteiger partial charge on any atom is -0.368 e. The number of hydrogen-bond acceptors (Lipinski definition) is 5. The summed E-state index contributed by atoms with van der Waals surface area (Å²) in [4.78, 5) is 13.4. The van der Waals surface area contributed by atoms with Crippen LogP contribution in [0.1, 0.15) is 54.6 Å². The maximum absolute atomic E-state index is 5.55. The molecule has 1 fully saturated rings. The summed E-state index contributed by atoms with van der Waals surface area (Å²) in [6.45, 7) is 8.35. The molecule has 2 aliphatic heterocycles. The van der Waals surface area contributed by atoms with Crippen LogP contribution < -0.4 is 10.2 Å². The fourth-order valence-corrected chi connectivity index (χ4v) is 6.11. The molecule has 1 aliphatic carbocycles. The summed E-state index contributed by atoms with van der Waals surface area (Å²) >= 11 is 5.55. The molecule has 0 saturated carbocycles. The van der Waals surface area contributed by atoms with Crippen LogP contribution in [0.3, 0.4) is 0 Å². The Morgan fingerprint density at radius 1 is 1.15 bits per heavy atom. The van der Waals surface area contributed by atoms with Crippen LogP contribution in [0.4, 0.5) is 5.69 Å². The number of fused-ring (bicyclic) bond motifs is 2. The van der Waals surface area contributed by atoms with Gasteiger partial charge in [-0.15, -0.1) is 0 Å². The Hall–Kier alpha value is -2.02. The lowest BCUT2D eigenvalue weighted by molar-refractivity contribution is 0.191. The van der Waals surface area contributed by atoms with Gasteiger partial charge in [-0.2, -0.15) is 0 Å². The molecule has 0 radical (unpaired) electrons. The standard InChI is InChI=1S/C27H37N5S/c1-3-26(33)32-15-13-31(14-16-32)24-10-5-8-21-18-29-22(17-23(21)24)19-30(2)25-11-4-7-20-9-6-12-28-27(20)25/h5-6,8-10,12,22,25,29H,3-4,7,11,13-19H2,1-2H3/t22-,25+/m1/s1. The first kappa shape index (κ1) is 22.8. The highest BCUT2D eigenvalue weighted by atomic mass is 32.1. The van der Waals surface area contributed by atoms with Gasteiger partial charge in [0.1, 0.15) is 0 Å². The fourth-order valence-electron chi connectivity index (χ4n) is 5.93. The molecule has 6 heteroatoms. The highest BCUT2D eigenvalue weighted by molar-refractivity contribution is 7.80. The average molecular weight is 464 g/mol. The van der Waals surface area contributed by atoms with Crippen molar-refractivity contribution in [3.63, 3.8) is 0 Å². The molecule has 1 N–H and O–H groups in total. The van der Waals surface area contributed by atoms with E-state index in [0.717, 1.165) is 57.1 Å². The Bertz CT molecular complexity index is 984. The topological polar surface area (TPSA) is 34.6 Å². The molecule has 176 valence electrons. The van der Waals surface area contributed by atoms with Gasteiger partial charge in [-0.1, -0.05) is 37.3 Å². The van der Waals surface area contributed by atoms with Crippen LogP contribution in [0.25, 0.3) is 0 Å². The molecule has 2 atom stereocenters. The van der Waals surface area contributed by atoms with Gasteiger partial charge >= 0.3 is 0 Å². The van der Waals surface area contributed by atoms with Gasteiger partial charge in [0.05, 0.1) is 16.7 Å². The van der Waals surface area contributed by atoms with Gasteiger partial charge in [-0.05, 0) is 68.0 Å². The number of anilines is 1. The summed E-state index contributed by atoms with van der Waals surface area (Å²) in [5.74, 6) is 0. The van der Waals surface area contributed by atoms with Gasteiger partial charge in [0.25, 0.3) is 0 Å². The zero-order chi connectivity index (χ0) is 22.8. The summed E-state index contributed by atoms with van der Waals surface area (Å²) in [7, 11) is 2.29. The molecule has 2 aromatic rings. The summed E-state index contributed by atoms with van der Waals surface area (Å²) in [5.41, 5.74) is 7.18. The predicted octanol–water partition coefficient (Wildman–Crippen LogP) is 3.96. The molecular weight excluding hydrogens is 426 g/mol. The van der Waals surface area contributed by atoms with Gasteiger partial charge in [-0.3, -0.25) is 9.88 Å². The lowest BCUT2D eigenvalue weighted by Gasteiger charge is -2.40. The molecule has 0 amide bonds. The zero-order valence-electron chi connectivity index (χ0n) is 20.1. The summed E-state index contributed by atoms with van der Waals surface area (Å²) in [6, 6.07) is 12.1. The normalized spacial score (nSPS) is 22.8. The van der Waals surface area contributed by atoms with Crippen LogP contribution in [-0.2, 0) is 19.4 Å². The third-order valence-corrected chi connectivity index (χ3v) is 8.31. The van der Waals surface area contributed by atoms with Crippen LogP contribution >= 0.6 is 12.2 Å². The first-order valence-electron chi connectivity index (χ1n) is 12.6. The van der Waals surface area contributed by atoms with Crippen molar-refractivity contribution in [1.82, 2.24) is 20.1 Å². The number of nitrogens with one attached hydrogen (secondary N) is 1. The van der Waals surface area contributed by atoms with Crippen molar-refractivity contribution in [2.45, 2.75) is 57.7 Å². The van der Waals surface area contributed by atoms with E-state index in [4.69, 9.17) is 17.2 Å². The minimum absolute atomic E-state index is 0.434. The number of likely N-dealkylation sites (N-methyl/N-ethyl adjacent to an activating group) is 1. The fraction of sp³-hybridized carbons (Fsp3) is 0.556. The summed E-state index contributed by atoms with van der Waals surface area (Å²) < 4.78 is 0. The Kier molecular flexibility index (Phi) is 6.95. The maximum atomic E-state index is 5.55. The van der Waals surface area contributed by atoms with E-state index in [1.807, 2.05) is 6.20 Å². The van der Waals surface area contributed by atoms with Crippen molar-refractivity contribution >= 4 is 22.9 Å². The second-order valence-corrected chi connectivity index (χ2v) is 10.3. The molecule has 1 saturated heterocycles. The SMILES string of the molecule is CCC(=S)N1CCN(c2cccc3c2C[C@H](CN(C)[C@H]2CCCc4cccnc42)NC3)CC1. The van der Waals surface area contributed by atoms with Crippen molar-refractivity contribution in [1.29, 1.82) is 0 Å². The van der Waals surface area contributed by atoms with E-state index >= 15 is 0 Å². The lowest BCUT2D eigenvalue weighted by Crippen LogP contribution is -2.49. The molecule has 0 spiro atoms. The maximum Gasteiger partial charge on any atom is 0.0777 e. The van der Waals surface area contributed by atoms with E-state index in [1.165, 1.54) is 41.8 Å². The van der Waals surface area contributed by atoms with Crippen LogP contribution in [0.2, 0.25) is 0 Å². The van der Waals surface area contributed by atoms with Crippen molar-refractivity contribution in [3.8, 4) is 0 Å². The third-order valence-electron chi connectivity index (χ3n) is 7.76. The largest absolute Gasteiger partial charge is 0.368 e. The van der Waals surface area contributed by atoms with Crippen LogP contribution in [-0.4, -0.2) is 65.6 Å². The number of hydrogen-bond donors (Lipinski definition) is 1. The van der Waals surface area contributed by atoms with E-state index < -0.39 is 0 Å². The van der Waals surface area contributed by atoms with Crippen LogP contribution in [0.5, 0.6) is 0 Å².